The van der Waals surface area contributed by atoms with Crippen LogP contribution in [0.1, 0.15) is 80.6 Å². The van der Waals surface area contributed by atoms with Gasteiger partial charge in [0.15, 0.2) is 0 Å². The fourth-order valence-electron chi connectivity index (χ4n) is 2.08. The van der Waals surface area contributed by atoms with Crippen LogP contribution < -0.4 is 0 Å². The smallest absolute Gasteiger partial charge is 0.00640 e. The molecule has 0 N–H and O–H groups in total. The maximum absolute atomic E-state index is 4.13. The number of rotatable bonds is 11. The van der Waals surface area contributed by atoms with E-state index in [4.69, 9.17) is 0 Å². The SMILES string of the molecule is C=C/C=C\C(=C)C(C)CCC(C)N(C)CCCCC.CC.CC. The minimum atomic E-state index is 0.558. The molecule has 0 bridgehead atoms. The molecule has 0 saturated heterocycles. The molecule has 0 heterocycles. The highest BCUT2D eigenvalue weighted by atomic mass is 15.1. The van der Waals surface area contributed by atoms with E-state index in [0.717, 1.165) is 0 Å². The lowest BCUT2D eigenvalue weighted by atomic mass is 9.94. The monoisotopic (exact) mass is 323 g/mol. The summed E-state index contributed by atoms with van der Waals surface area (Å²) in [6.45, 7) is 23.9. The van der Waals surface area contributed by atoms with Crippen molar-refractivity contribution in [3.63, 3.8) is 0 Å². The third-order valence-electron chi connectivity index (χ3n) is 3.96. The fraction of sp³-hybridized carbons (Fsp3) is 0.727. The van der Waals surface area contributed by atoms with Gasteiger partial charge in [-0.05, 0) is 45.7 Å². The van der Waals surface area contributed by atoms with E-state index in [1.807, 2.05) is 39.8 Å². The number of hydrogen-bond donors (Lipinski definition) is 0. The zero-order valence-corrected chi connectivity index (χ0v) is 17.5. The van der Waals surface area contributed by atoms with Crippen molar-refractivity contribution in [1.29, 1.82) is 0 Å². The minimum absolute atomic E-state index is 0.558. The molecule has 0 aliphatic heterocycles. The maximum Gasteiger partial charge on any atom is 0.00640 e. The molecule has 138 valence electrons. The molecule has 0 aromatic heterocycles. The van der Waals surface area contributed by atoms with Gasteiger partial charge in [-0.15, -0.1) is 0 Å². The molecule has 23 heavy (non-hydrogen) atoms. The Morgan fingerprint density at radius 3 is 2.09 bits per heavy atom. The Labute approximate surface area is 148 Å². The standard InChI is InChI=1S/C18H33N.2C2H6/c1-7-9-11-15-19(6)18(5)14-13-17(4)16(3)12-10-8-2;2*1-2/h8,10,12,17-18H,2-3,7,9,11,13-15H2,1,4-6H3;2*1-2H3/b12-10-;;. The molecule has 0 saturated carbocycles. The van der Waals surface area contributed by atoms with Crippen LogP contribution in [0.4, 0.5) is 0 Å². The van der Waals surface area contributed by atoms with Crippen LogP contribution in [0, 0.1) is 5.92 Å². The van der Waals surface area contributed by atoms with Crippen molar-refractivity contribution >= 4 is 0 Å². The lowest BCUT2D eigenvalue weighted by molar-refractivity contribution is 0.233. The number of unbranched alkanes of at least 4 members (excludes halogenated alkanes) is 2. The number of allylic oxidation sites excluding steroid dienone is 4. The van der Waals surface area contributed by atoms with Crippen molar-refractivity contribution < 1.29 is 0 Å². The second-order valence-corrected chi connectivity index (χ2v) is 5.68. The summed E-state index contributed by atoms with van der Waals surface area (Å²) in [5.41, 5.74) is 1.21. The van der Waals surface area contributed by atoms with E-state index in [9.17, 15) is 0 Å². The first kappa shape index (κ1) is 27.0. The van der Waals surface area contributed by atoms with Gasteiger partial charge >= 0.3 is 0 Å². The summed E-state index contributed by atoms with van der Waals surface area (Å²) in [6, 6.07) is 0.662. The van der Waals surface area contributed by atoms with Gasteiger partial charge in [0.25, 0.3) is 0 Å². The number of nitrogens with zero attached hydrogens (tertiary/aromatic N) is 1. The van der Waals surface area contributed by atoms with Crippen molar-refractivity contribution in [1.82, 2.24) is 4.90 Å². The fourth-order valence-corrected chi connectivity index (χ4v) is 2.08. The second-order valence-electron chi connectivity index (χ2n) is 5.68. The Morgan fingerprint density at radius 2 is 1.61 bits per heavy atom. The zero-order chi connectivity index (χ0) is 18.7. The summed E-state index contributed by atoms with van der Waals surface area (Å²) < 4.78 is 0. The first-order chi connectivity index (χ1) is 11.0. The molecule has 2 unspecified atom stereocenters. The van der Waals surface area contributed by atoms with Gasteiger partial charge in [-0.3, -0.25) is 0 Å². The van der Waals surface area contributed by atoms with E-state index in [0.29, 0.717) is 12.0 Å². The molecule has 1 nitrogen and oxygen atoms in total. The Balaban J connectivity index is -0.000000919. The molecule has 0 aromatic rings. The average molecular weight is 324 g/mol. The third kappa shape index (κ3) is 17.4. The molecule has 1 heteroatoms. The van der Waals surface area contributed by atoms with Gasteiger partial charge in [0.2, 0.25) is 0 Å². The lowest BCUT2D eigenvalue weighted by Crippen LogP contribution is -2.30. The van der Waals surface area contributed by atoms with Crippen LogP contribution in [-0.4, -0.2) is 24.5 Å². The van der Waals surface area contributed by atoms with E-state index < -0.39 is 0 Å². The van der Waals surface area contributed by atoms with Gasteiger partial charge < -0.3 is 4.90 Å². The van der Waals surface area contributed by atoms with E-state index in [-0.39, 0.29) is 0 Å². The molecule has 0 aliphatic rings. The molecular formula is C22H45N. The topological polar surface area (TPSA) is 3.24 Å². The second kappa shape index (κ2) is 21.2. The predicted octanol–water partition coefficient (Wildman–Crippen LogP) is 7.26. The molecule has 0 aliphatic carbocycles. The van der Waals surface area contributed by atoms with Gasteiger partial charge in [0.05, 0.1) is 0 Å². The van der Waals surface area contributed by atoms with Crippen molar-refractivity contribution in [3.8, 4) is 0 Å². The third-order valence-corrected chi connectivity index (χ3v) is 3.96. The van der Waals surface area contributed by atoms with Crippen molar-refractivity contribution in [2.24, 2.45) is 5.92 Å². The Kier molecular flexibility index (Phi) is 24.9. The molecule has 0 fully saturated rings. The predicted molar refractivity (Wildman–Crippen MR) is 111 cm³/mol. The van der Waals surface area contributed by atoms with Gasteiger partial charge in [-0.25, -0.2) is 0 Å². The Bertz CT molecular complexity index is 278. The van der Waals surface area contributed by atoms with Crippen LogP contribution in [0.5, 0.6) is 0 Å². The zero-order valence-electron chi connectivity index (χ0n) is 17.5. The lowest BCUT2D eigenvalue weighted by Gasteiger charge is -2.26. The van der Waals surface area contributed by atoms with Crippen molar-refractivity contribution in [3.05, 3.63) is 37.0 Å². The minimum Gasteiger partial charge on any atom is -0.304 e. The van der Waals surface area contributed by atoms with Gasteiger partial charge in [0.1, 0.15) is 0 Å². The van der Waals surface area contributed by atoms with Crippen LogP contribution in [0.3, 0.4) is 0 Å². The molecule has 2 atom stereocenters. The summed E-state index contributed by atoms with van der Waals surface area (Å²) in [6.07, 6.45) is 12.3. The quantitative estimate of drug-likeness (QED) is 0.285. The van der Waals surface area contributed by atoms with Crippen LogP contribution >= 0.6 is 0 Å². The highest BCUT2D eigenvalue weighted by Gasteiger charge is 2.11. The summed E-state index contributed by atoms with van der Waals surface area (Å²) in [4.78, 5) is 2.49. The molecular weight excluding hydrogens is 278 g/mol. The normalized spacial score (nSPS) is 12.7. The van der Waals surface area contributed by atoms with Gasteiger partial charge in [-0.1, -0.05) is 91.3 Å². The number of hydrogen-bond acceptors (Lipinski definition) is 1. The Morgan fingerprint density at radius 1 is 1.04 bits per heavy atom. The van der Waals surface area contributed by atoms with Crippen LogP contribution in [0.25, 0.3) is 0 Å². The van der Waals surface area contributed by atoms with E-state index >= 15 is 0 Å². The van der Waals surface area contributed by atoms with Gasteiger partial charge in [-0.2, -0.15) is 0 Å². The van der Waals surface area contributed by atoms with Crippen molar-refractivity contribution in [2.75, 3.05) is 13.6 Å². The summed E-state index contributed by atoms with van der Waals surface area (Å²) in [7, 11) is 2.25. The molecule has 0 rings (SSSR count). The summed E-state index contributed by atoms with van der Waals surface area (Å²) in [5, 5.41) is 0. The van der Waals surface area contributed by atoms with Crippen LogP contribution in [0.15, 0.2) is 37.0 Å². The highest BCUT2D eigenvalue weighted by Crippen LogP contribution is 2.19. The summed E-state index contributed by atoms with van der Waals surface area (Å²) in [5.74, 6) is 0.558. The van der Waals surface area contributed by atoms with E-state index in [1.54, 1.807) is 0 Å². The van der Waals surface area contributed by atoms with Crippen LogP contribution in [-0.2, 0) is 0 Å². The first-order valence-corrected chi connectivity index (χ1v) is 9.71. The maximum atomic E-state index is 4.13. The highest BCUT2D eigenvalue weighted by molar-refractivity contribution is 5.20. The first-order valence-electron chi connectivity index (χ1n) is 9.71. The van der Waals surface area contributed by atoms with Gasteiger partial charge in [0, 0.05) is 6.04 Å². The molecule has 0 radical (unpaired) electrons. The Hall–Kier alpha value is -0.820. The van der Waals surface area contributed by atoms with E-state index in [1.165, 1.54) is 44.2 Å². The molecule has 0 aromatic carbocycles. The van der Waals surface area contributed by atoms with Crippen LogP contribution in [0.2, 0.25) is 0 Å². The average Bonchev–Trinajstić information content (AvgIpc) is 2.60. The van der Waals surface area contributed by atoms with E-state index in [2.05, 4.69) is 52.0 Å². The summed E-state index contributed by atoms with van der Waals surface area (Å²) >= 11 is 0. The molecule has 0 amide bonds. The largest absolute Gasteiger partial charge is 0.304 e. The molecule has 0 spiro atoms. The van der Waals surface area contributed by atoms with Crippen molar-refractivity contribution in [2.45, 2.75) is 86.6 Å².